The zero-order valence-corrected chi connectivity index (χ0v) is 14.9. The van der Waals surface area contributed by atoms with Crippen LogP contribution >= 0.6 is 0 Å². The molecular formula is C18H22N6O2. The molecule has 3 aromatic rings. The molecule has 1 amide bonds. The standard InChI is InChI=1S/C18H22N6O2/c1-22(14-7-4-3-5-8-14)10-6-9-19-16(25)12-24-13-20-17-15(18(24)26)11-21-23(17)2/h3-5,7-8,11,13H,6,9-10,12H2,1-2H3,(H,19,25). The van der Waals surface area contributed by atoms with Gasteiger partial charge in [-0.25, -0.2) is 4.98 Å². The molecule has 0 aliphatic heterocycles. The van der Waals surface area contributed by atoms with Gasteiger partial charge in [0.05, 0.1) is 6.20 Å². The third-order valence-electron chi connectivity index (χ3n) is 4.22. The maximum atomic E-state index is 12.3. The molecule has 8 nitrogen and oxygen atoms in total. The fourth-order valence-corrected chi connectivity index (χ4v) is 2.75. The van der Waals surface area contributed by atoms with Crippen molar-refractivity contribution in [3.05, 3.63) is 53.2 Å². The van der Waals surface area contributed by atoms with E-state index in [-0.39, 0.29) is 18.0 Å². The third kappa shape index (κ3) is 3.90. The van der Waals surface area contributed by atoms with Crippen molar-refractivity contribution in [3.8, 4) is 0 Å². The number of fused-ring (bicyclic) bond motifs is 1. The molecule has 0 radical (unpaired) electrons. The highest BCUT2D eigenvalue weighted by atomic mass is 16.2. The summed E-state index contributed by atoms with van der Waals surface area (Å²) in [5, 5.41) is 7.27. The number of nitrogens with one attached hydrogen (secondary N) is 1. The van der Waals surface area contributed by atoms with Crippen LogP contribution in [0.2, 0.25) is 0 Å². The molecule has 26 heavy (non-hydrogen) atoms. The number of aromatic nitrogens is 4. The second kappa shape index (κ2) is 7.81. The van der Waals surface area contributed by atoms with Crippen LogP contribution in [-0.2, 0) is 18.4 Å². The van der Waals surface area contributed by atoms with Crippen LogP contribution in [0.15, 0.2) is 47.7 Å². The summed E-state index contributed by atoms with van der Waals surface area (Å²) in [6.45, 7) is 1.33. The first-order chi connectivity index (χ1) is 12.6. The molecule has 2 heterocycles. The molecule has 0 unspecified atom stereocenters. The van der Waals surface area contributed by atoms with Crippen LogP contribution in [0.1, 0.15) is 6.42 Å². The van der Waals surface area contributed by atoms with Gasteiger partial charge in [-0.15, -0.1) is 0 Å². The predicted octanol–water partition coefficient (Wildman–Crippen LogP) is 0.773. The maximum Gasteiger partial charge on any atom is 0.264 e. The number of nitrogens with zero attached hydrogens (tertiary/aromatic N) is 5. The summed E-state index contributed by atoms with van der Waals surface area (Å²) in [5.74, 6) is -0.209. The second-order valence-corrected chi connectivity index (χ2v) is 6.14. The molecule has 0 aliphatic carbocycles. The van der Waals surface area contributed by atoms with Gasteiger partial charge in [0.15, 0.2) is 5.65 Å². The lowest BCUT2D eigenvalue weighted by Gasteiger charge is -2.19. The van der Waals surface area contributed by atoms with Gasteiger partial charge in [0.25, 0.3) is 5.56 Å². The number of carbonyl (C=O) groups is 1. The Labute approximate surface area is 151 Å². The highest BCUT2D eigenvalue weighted by Gasteiger charge is 2.10. The van der Waals surface area contributed by atoms with Crippen molar-refractivity contribution >= 4 is 22.6 Å². The minimum atomic E-state index is -0.262. The zero-order chi connectivity index (χ0) is 18.5. The lowest BCUT2D eigenvalue weighted by molar-refractivity contribution is -0.121. The minimum absolute atomic E-state index is 0.0504. The maximum absolute atomic E-state index is 12.3. The van der Waals surface area contributed by atoms with Crippen LogP contribution in [0.5, 0.6) is 0 Å². The van der Waals surface area contributed by atoms with Gasteiger partial charge in [0.1, 0.15) is 18.3 Å². The van der Waals surface area contributed by atoms with E-state index in [0.717, 1.165) is 18.7 Å². The van der Waals surface area contributed by atoms with Crippen molar-refractivity contribution in [1.82, 2.24) is 24.6 Å². The summed E-state index contributed by atoms with van der Waals surface area (Å²) in [5.41, 5.74) is 1.39. The van der Waals surface area contributed by atoms with E-state index >= 15 is 0 Å². The molecule has 0 bridgehead atoms. The highest BCUT2D eigenvalue weighted by molar-refractivity contribution is 5.77. The molecule has 136 valence electrons. The Hall–Kier alpha value is -3.16. The third-order valence-corrected chi connectivity index (χ3v) is 4.22. The fourth-order valence-electron chi connectivity index (χ4n) is 2.75. The quantitative estimate of drug-likeness (QED) is 0.634. The van der Waals surface area contributed by atoms with Crippen molar-refractivity contribution in [2.24, 2.45) is 7.05 Å². The van der Waals surface area contributed by atoms with Gasteiger partial charge in [-0.1, -0.05) is 18.2 Å². The number of benzene rings is 1. The largest absolute Gasteiger partial charge is 0.375 e. The Morgan fingerprint density at radius 1 is 1.27 bits per heavy atom. The summed E-state index contributed by atoms with van der Waals surface area (Å²) < 4.78 is 2.83. The van der Waals surface area contributed by atoms with Gasteiger partial charge < -0.3 is 10.2 Å². The van der Waals surface area contributed by atoms with Crippen molar-refractivity contribution < 1.29 is 4.79 Å². The van der Waals surface area contributed by atoms with E-state index in [4.69, 9.17) is 0 Å². The van der Waals surface area contributed by atoms with Gasteiger partial charge in [-0.05, 0) is 18.6 Å². The van der Waals surface area contributed by atoms with E-state index < -0.39 is 0 Å². The number of anilines is 1. The van der Waals surface area contributed by atoms with Crippen LogP contribution in [0, 0.1) is 0 Å². The van der Waals surface area contributed by atoms with Crippen molar-refractivity contribution in [1.29, 1.82) is 0 Å². The fraction of sp³-hybridized carbons (Fsp3) is 0.333. The van der Waals surface area contributed by atoms with E-state index in [0.29, 0.717) is 17.6 Å². The van der Waals surface area contributed by atoms with Gasteiger partial charge >= 0.3 is 0 Å². The van der Waals surface area contributed by atoms with Crippen LogP contribution in [0.3, 0.4) is 0 Å². The van der Waals surface area contributed by atoms with Crippen molar-refractivity contribution in [2.75, 3.05) is 25.0 Å². The summed E-state index contributed by atoms with van der Waals surface area (Å²) in [6.07, 6.45) is 3.67. The molecule has 1 aromatic carbocycles. The molecule has 3 rings (SSSR count). The molecule has 1 N–H and O–H groups in total. The lowest BCUT2D eigenvalue weighted by Crippen LogP contribution is -2.34. The zero-order valence-electron chi connectivity index (χ0n) is 14.9. The van der Waals surface area contributed by atoms with Gasteiger partial charge in [-0.2, -0.15) is 5.10 Å². The molecule has 2 aromatic heterocycles. The van der Waals surface area contributed by atoms with E-state index in [1.807, 2.05) is 37.4 Å². The van der Waals surface area contributed by atoms with Crippen LogP contribution in [-0.4, -0.2) is 45.4 Å². The molecule has 8 heteroatoms. The average molecular weight is 354 g/mol. The first-order valence-corrected chi connectivity index (χ1v) is 8.46. The van der Waals surface area contributed by atoms with E-state index in [1.54, 1.807) is 7.05 Å². The monoisotopic (exact) mass is 354 g/mol. The molecular weight excluding hydrogens is 332 g/mol. The molecule has 0 saturated heterocycles. The van der Waals surface area contributed by atoms with Crippen LogP contribution in [0.25, 0.3) is 11.0 Å². The number of amides is 1. The van der Waals surface area contributed by atoms with Crippen LogP contribution < -0.4 is 15.8 Å². The Kier molecular flexibility index (Phi) is 5.31. The predicted molar refractivity (Wildman–Crippen MR) is 100 cm³/mol. The smallest absolute Gasteiger partial charge is 0.264 e. The van der Waals surface area contributed by atoms with Gasteiger partial charge in [-0.3, -0.25) is 18.8 Å². The summed E-state index contributed by atoms with van der Waals surface area (Å²) in [7, 11) is 3.74. The first-order valence-electron chi connectivity index (χ1n) is 8.46. The number of para-hydroxylation sites is 1. The Bertz CT molecular complexity index is 947. The summed E-state index contributed by atoms with van der Waals surface area (Å²) in [6, 6.07) is 10.1. The first kappa shape index (κ1) is 17.7. The van der Waals surface area contributed by atoms with Crippen LogP contribution in [0.4, 0.5) is 5.69 Å². The normalized spacial score (nSPS) is 10.8. The Balaban J connectivity index is 1.49. The number of hydrogen-bond acceptors (Lipinski definition) is 5. The molecule has 0 atom stereocenters. The van der Waals surface area contributed by atoms with Gasteiger partial charge in [0, 0.05) is 32.9 Å². The van der Waals surface area contributed by atoms with Crippen molar-refractivity contribution in [2.45, 2.75) is 13.0 Å². The Morgan fingerprint density at radius 2 is 2.04 bits per heavy atom. The number of hydrogen-bond donors (Lipinski definition) is 1. The number of carbonyl (C=O) groups excluding carboxylic acids is 1. The molecule has 0 aliphatic rings. The van der Waals surface area contributed by atoms with Gasteiger partial charge in [0.2, 0.25) is 5.91 Å². The minimum Gasteiger partial charge on any atom is -0.375 e. The van der Waals surface area contributed by atoms with E-state index in [1.165, 1.54) is 21.8 Å². The summed E-state index contributed by atoms with van der Waals surface area (Å²) in [4.78, 5) is 30.7. The number of aryl methyl sites for hydroxylation is 1. The van der Waals surface area contributed by atoms with E-state index in [9.17, 15) is 9.59 Å². The topological polar surface area (TPSA) is 85.1 Å². The SMILES string of the molecule is CN(CCCNC(=O)Cn1cnc2c(cnn2C)c1=O)c1ccccc1. The van der Waals surface area contributed by atoms with E-state index in [2.05, 4.69) is 20.3 Å². The number of rotatable bonds is 7. The summed E-state index contributed by atoms with van der Waals surface area (Å²) >= 11 is 0. The molecule has 0 fully saturated rings. The Morgan fingerprint density at radius 3 is 2.81 bits per heavy atom. The molecule has 0 saturated carbocycles. The van der Waals surface area contributed by atoms with Crippen molar-refractivity contribution in [3.63, 3.8) is 0 Å². The highest BCUT2D eigenvalue weighted by Crippen LogP contribution is 2.10. The lowest BCUT2D eigenvalue weighted by atomic mass is 10.3. The molecule has 0 spiro atoms. The average Bonchev–Trinajstić information content (AvgIpc) is 3.03. The second-order valence-electron chi connectivity index (χ2n) is 6.14.